The van der Waals surface area contributed by atoms with Gasteiger partial charge in [0.15, 0.2) is 0 Å². The summed E-state index contributed by atoms with van der Waals surface area (Å²) < 4.78 is 10.8. The van der Waals surface area contributed by atoms with Gasteiger partial charge in [-0.3, -0.25) is 0 Å². The predicted octanol–water partition coefficient (Wildman–Crippen LogP) is -1.29. The maximum absolute atomic E-state index is 10.8. The summed E-state index contributed by atoms with van der Waals surface area (Å²) in [4.78, 5) is 9.07. The van der Waals surface area contributed by atoms with Gasteiger partial charge < -0.3 is 10.2 Å². The minimum atomic E-state index is -2.73. The topological polar surface area (TPSA) is 57.5 Å². The molecule has 0 aromatic heterocycles. The first-order valence-corrected chi connectivity index (χ1v) is 1.19. The van der Waals surface area contributed by atoms with Crippen molar-refractivity contribution >= 4 is 24.8 Å². The van der Waals surface area contributed by atoms with Crippen LogP contribution in [0.4, 0.5) is 4.39 Å². The third-order valence-corrected chi connectivity index (χ3v) is 0.204. The molecule has 0 spiro atoms. The molecule has 7 heavy (non-hydrogen) atoms. The van der Waals surface area contributed by atoms with Gasteiger partial charge in [0.1, 0.15) is 0 Å². The molecule has 0 bridgehead atoms. The number of carboxylic acids is 1. The first kappa shape index (κ1) is 10.0. The molecule has 3 nitrogen and oxygen atoms in total. The molecule has 0 aromatic carbocycles. The number of hydrogen-bond donors (Lipinski definition) is 2. The third kappa shape index (κ3) is 5.96. The minimum absolute atomic E-state index is 0. The quantitative estimate of drug-likeness (QED) is 0.405. The Hall–Kier alpha value is -0.0426. The maximum atomic E-state index is 10.8. The fourth-order valence-corrected chi connectivity index (χ4v) is 0. The van der Waals surface area contributed by atoms with Crippen molar-refractivity contribution in [3.63, 3.8) is 0 Å². The number of halogens is 1. The van der Waals surface area contributed by atoms with Crippen LogP contribution in [0.25, 0.3) is 0 Å². The van der Waals surface area contributed by atoms with Crippen molar-refractivity contribution in [2.75, 3.05) is 0 Å². The molecule has 38 valence electrons. The number of carboxylic acid groups (broad SMARTS) is 1. The molecule has 0 radical (unpaired) electrons. The van der Waals surface area contributed by atoms with Crippen LogP contribution in [0.3, 0.4) is 0 Å². The van der Waals surface area contributed by atoms with Gasteiger partial charge in [-0.25, -0.2) is 9.18 Å². The number of alkyl halides is 1. The molecular formula is C2H4FLiO3. The van der Waals surface area contributed by atoms with E-state index in [1.807, 2.05) is 0 Å². The average Bonchev–Trinajstić information content (AvgIpc) is 1.36. The number of aliphatic hydroxyl groups is 1. The van der Waals surface area contributed by atoms with E-state index in [4.69, 9.17) is 15.0 Å². The van der Waals surface area contributed by atoms with E-state index < -0.39 is 12.3 Å². The summed E-state index contributed by atoms with van der Waals surface area (Å²) in [5.74, 6) is -1.85. The Kier molecular flexibility index (Phi) is 5.92. The first-order chi connectivity index (χ1) is 2.64. The standard InChI is InChI=1S/C2H3FO3.Li.H/c3-1(4)2(5)6;;/h1,4H,(H,5,6);;. The Morgan fingerprint density at radius 2 is 1.86 bits per heavy atom. The molecule has 0 fully saturated rings. The molecule has 0 saturated carbocycles. The number of carbonyl (C=O) groups is 1. The zero-order valence-electron chi connectivity index (χ0n) is 2.76. The van der Waals surface area contributed by atoms with Crippen LogP contribution in [0.5, 0.6) is 0 Å². The Labute approximate surface area is 51.3 Å². The molecule has 1 unspecified atom stereocenters. The predicted molar refractivity (Wildman–Crippen MR) is 21.9 cm³/mol. The number of aliphatic carboxylic acids is 1. The third-order valence-electron chi connectivity index (χ3n) is 0.204. The molecule has 0 aliphatic rings. The van der Waals surface area contributed by atoms with Gasteiger partial charge in [0.05, 0.1) is 0 Å². The second-order valence-corrected chi connectivity index (χ2v) is 0.674. The van der Waals surface area contributed by atoms with Crippen LogP contribution in [0.2, 0.25) is 0 Å². The van der Waals surface area contributed by atoms with E-state index in [1.165, 1.54) is 0 Å². The number of hydrogen-bond acceptors (Lipinski definition) is 2. The molecule has 0 heterocycles. The Bertz CT molecular complexity index is 64.0. The van der Waals surface area contributed by atoms with E-state index in [9.17, 15) is 4.39 Å². The van der Waals surface area contributed by atoms with Gasteiger partial charge in [-0.2, -0.15) is 0 Å². The van der Waals surface area contributed by atoms with Crippen LogP contribution in [0, 0.1) is 0 Å². The molecule has 0 aliphatic carbocycles. The van der Waals surface area contributed by atoms with Crippen molar-refractivity contribution in [3.05, 3.63) is 0 Å². The molecule has 0 aliphatic heterocycles. The van der Waals surface area contributed by atoms with E-state index in [-0.39, 0.29) is 18.9 Å². The Morgan fingerprint density at radius 3 is 1.86 bits per heavy atom. The summed E-state index contributed by atoms with van der Waals surface area (Å²) in [6.45, 7) is 0. The van der Waals surface area contributed by atoms with Crippen molar-refractivity contribution in [3.8, 4) is 0 Å². The van der Waals surface area contributed by atoms with Crippen molar-refractivity contribution in [1.29, 1.82) is 0 Å². The van der Waals surface area contributed by atoms with E-state index in [1.54, 1.807) is 0 Å². The molecule has 0 aromatic rings. The molecule has 0 saturated heterocycles. The van der Waals surface area contributed by atoms with Crippen LogP contribution in [0.1, 0.15) is 0 Å². The monoisotopic (exact) mass is 102 g/mol. The normalized spacial score (nSPS) is 11.7. The SMILES string of the molecule is O=C(O)C(O)F.[LiH]. The fourth-order valence-electron chi connectivity index (χ4n) is 0. The summed E-state index contributed by atoms with van der Waals surface area (Å²) in [6, 6.07) is 0. The molecule has 1 atom stereocenters. The fraction of sp³-hybridized carbons (Fsp3) is 0.500. The molecule has 2 N–H and O–H groups in total. The average molecular weight is 102 g/mol. The first-order valence-electron chi connectivity index (χ1n) is 1.19. The summed E-state index contributed by atoms with van der Waals surface area (Å²) in [7, 11) is 0. The Morgan fingerprint density at radius 1 is 1.71 bits per heavy atom. The van der Waals surface area contributed by atoms with Crippen molar-refractivity contribution in [2.24, 2.45) is 0 Å². The van der Waals surface area contributed by atoms with Crippen LogP contribution in [0.15, 0.2) is 0 Å². The zero-order chi connectivity index (χ0) is 5.15. The Balaban J connectivity index is 0. The zero-order valence-corrected chi connectivity index (χ0v) is 2.76. The van der Waals surface area contributed by atoms with E-state index >= 15 is 0 Å². The second-order valence-electron chi connectivity index (χ2n) is 0.674. The second kappa shape index (κ2) is 4.13. The van der Waals surface area contributed by atoms with Gasteiger partial charge >= 0.3 is 24.8 Å². The van der Waals surface area contributed by atoms with Crippen LogP contribution < -0.4 is 0 Å². The van der Waals surface area contributed by atoms with E-state index in [2.05, 4.69) is 0 Å². The summed E-state index contributed by atoms with van der Waals surface area (Å²) in [5.41, 5.74) is 0. The van der Waals surface area contributed by atoms with Crippen molar-refractivity contribution in [1.82, 2.24) is 0 Å². The molecule has 5 heteroatoms. The van der Waals surface area contributed by atoms with E-state index in [0.29, 0.717) is 0 Å². The van der Waals surface area contributed by atoms with E-state index in [0.717, 1.165) is 0 Å². The van der Waals surface area contributed by atoms with Gasteiger partial charge in [0, 0.05) is 0 Å². The number of aliphatic hydroxyl groups excluding tert-OH is 1. The molecule has 0 rings (SSSR count). The van der Waals surface area contributed by atoms with Crippen LogP contribution >= 0.6 is 0 Å². The van der Waals surface area contributed by atoms with Gasteiger partial charge in [0.2, 0.25) is 0 Å². The van der Waals surface area contributed by atoms with Crippen molar-refractivity contribution < 1.29 is 19.4 Å². The van der Waals surface area contributed by atoms with Crippen LogP contribution in [-0.2, 0) is 4.79 Å². The van der Waals surface area contributed by atoms with Crippen molar-refractivity contribution in [2.45, 2.75) is 6.36 Å². The van der Waals surface area contributed by atoms with Gasteiger partial charge in [-0.05, 0) is 0 Å². The molecular weight excluding hydrogens is 98.0 g/mol. The van der Waals surface area contributed by atoms with Gasteiger partial charge in [-0.15, -0.1) is 0 Å². The summed E-state index contributed by atoms with van der Waals surface area (Å²) in [6.07, 6.45) is -2.73. The number of rotatable bonds is 1. The van der Waals surface area contributed by atoms with Crippen LogP contribution in [-0.4, -0.2) is 41.4 Å². The summed E-state index contributed by atoms with van der Waals surface area (Å²) in [5, 5.41) is 14.7. The molecule has 0 amide bonds. The van der Waals surface area contributed by atoms with Gasteiger partial charge in [-0.1, -0.05) is 0 Å². The summed E-state index contributed by atoms with van der Waals surface area (Å²) >= 11 is 0. The van der Waals surface area contributed by atoms with Gasteiger partial charge in [0.25, 0.3) is 6.36 Å².